The molecule has 2 aromatic rings. The molecule has 0 unspecified atom stereocenters. The highest BCUT2D eigenvalue weighted by Crippen LogP contribution is 2.25. The maximum atomic E-state index is 13.5. The average Bonchev–Trinajstić information content (AvgIpc) is 2.50. The van der Waals surface area contributed by atoms with Crippen molar-refractivity contribution < 1.29 is 23.1 Å². The molecule has 0 aromatic heterocycles. The lowest BCUT2D eigenvalue weighted by molar-refractivity contribution is -0.123. The van der Waals surface area contributed by atoms with Crippen molar-refractivity contribution in [1.82, 2.24) is 0 Å². The Balaban J connectivity index is 1.99. The van der Waals surface area contributed by atoms with Gasteiger partial charge >= 0.3 is 0 Å². The van der Waals surface area contributed by atoms with Gasteiger partial charge in [0.2, 0.25) is 11.8 Å². The van der Waals surface area contributed by atoms with E-state index in [1.165, 1.54) is 7.11 Å². The zero-order valence-electron chi connectivity index (χ0n) is 13.2. The quantitative estimate of drug-likeness (QED) is 0.825. The van der Waals surface area contributed by atoms with Gasteiger partial charge in [0, 0.05) is 6.07 Å². The second-order valence-corrected chi connectivity index (χ2v) is 5.10. The molecule has 0 saturated heterocycles. The molecule has 0 atom stereocenters. The number of aryl methyl sites for hydroxylation is 1. The number of ether oxygens (including phenoxy) is 1. The van der Waals surface area contributed by atoms with Crippen LogP contribution in [0.2, 0.25) is 0 Å². The molecule has 0 bridgehead atoms. The van der Waals surface area contributed by atoms with Crippen molar-refractivity contribution in [2.24, 2.45) is 0 Å². The number of amides is 2. The zero-order chi connectivity index (χ0) is 17.7. The van der Waals surface area contributed by atoms with Gasteiger partial charge in [-0.1, -0.05) is 6.07 Å². The van der Waals surface area contributed by atoms with Crippen molar-refractivity contribution in [3.63, 3.8) is 0 Å². The molecule has 2 rings (SSSR count). The molecule has 0 aliphatic heterocycles. The van der Waals surface area contributed by atoms with Gasteiger partial charge in [-0.2, -0.15) is 0 Å². The van der Waals surface area contributed by atoms with Gasteiger partial charge in [-0.3, -0.25) is 9.59 Å². The summed E-state index contributed by atoms with van der Waals surface area (Å²) in [6.07, 6.45) is -0.520. The van der Waals surface area contributed by atoms with Crippen LogP contribution in [0.1, 0.15) is 12.0 Å². The van der Waals surface area contributed by atoms with Gasteiger partial charge in [-0.25, -0.2) is 8.78 Å². The minimum Gasteiger partial charge on any atom is -0.495 e. The average molecular weight is 334 g/mol. The maximum absolute atomic E-state index is 13.5. The minimum absolute atomic E-state index is 0.192. The van der Waals surface area contributed by atoms with Crippen LogP contribution < -0.4 is 15.4 Å². The summed E-state index contributed by atoms with van der Waals surface area (Å²) in [6, 6.07) is 7.96. The Morgan fingerprint density at radius 2 is 1.67 bits per heavy atom. The maximum Gasteiger partial charge on any atom is 0.233 e. The van der Waals surface area contributed by atoms with Gasteiger partial charge in [0.1, 0.15) is 23.8 Å². The first kappa shape index (κ1) is 17.4. The number of benzene rings is 2. The number of anilines is 2. The predicted octanol–water partition coefficient (Wildman–Crippen LogP) is 3.25. The molecule has 0 radical (unpaired) electrons. The van der Waals surface area contributed by atoms with Gasteiger partial charge in [0.05, 0.1) is 18.5 Å². The molecule has 126 valence electrons. The summed E-state index contributed by atoms with van der Waals surface area (Å²) < 4.78 is 31.4. The molecule has 0 aliphatic rings. The van der Waals surface area contributed by atoms with E-state index in [4.69, 9.17) is 4.74 Å². The summed E-state index contributed by atoms with van der Waals surface area (Å²) in [4.78, 5) is 23.8. The smallest absolute Gasteiger partial charge is 0.233 e. The normalized spacial score (nSPS) is 10.2. The summed E-state index contributed by atoms with van der Waals surface area (Å²) in [6.45, 7) is 1.85. The van der Waals surface area contributed by atoms with Crippen LogP contribution in [0.4, 0.5) is 20.2 Å². The molecule has 0 heterocycles. The van der Waals surface area contributed by atoms with Crippen molar-refractivity contribution in [3.05, 3.63) is 53.6 Å². The van der Waals surface area contributed by atoms with Gasteiger partial charge in [-0.05, 0) is 36.8 Å². The summed E-state index contributed by atoms with van der Waals surface area (Å²) in [7, 11) is 1.46. The molecule has 24 heavy (non-hydrogen) atoms. The van der Waals surface area contributed by atoms with E-state index in [-0.39, 0.29) is 5.69 Å². The fraction of sp³-hybridized carbons (Fsp3) is 0.176. The summed E-state index contributed by atoms with van der Waals surface area (Å²) in [5, 5.41) is 4.79. The van der Waals surface area contributed by atoms with Crippen LogP contribution in [0.5, 0.6) is 5.75 Å². The van der Waals surface area contributed by atoms with Crippen LogP contribution in [0, 0.1) is 18.6 Å². The number of nitrogens with one attached hydrogen (secondary N) is 2. The van der Waals surface area contributed by atoms with Crippen molar-refractivity contribution >= 4 is 23.2 Å². The molecule has 2 N–H and O–H groups in total. The zero-order valence-corrected chi connectivity index (χ0v) is 13.2. The van der Waals surface area contributed by atoms with E-state index in [0.29, 0.717) is 17.5 Å². The summed E-state index contributed by atoms with van der Waals surface area (Å²) in [5.41, 5.74) is 1.15. The van der Waals surface area contributed by atoms with Gasteiger partial charge in [0.15, 0.2) is 0 Å². The predicted molar refractivity (Wildman–Crippen MR) is 86.0 cm³/mol. The third kappa shape index (κ3) is 4.52. The molecule has 0 fully saturated rings. The number of hydrogen-bond donors (Lipinski definition) is 2. The second kappa shape index (κ2) is 7.54. The number of methoxy groups -OCH3 is 1. The minimum atomic E-state index is -0.913. The van der Waals surface area contributed by atoms with E-state index < -0.39 is 29.9 Å². The third-order valence-electron chi connectivity index (χ3n) is 3.16. The first-order valence-electron chi connectivity index (χ1n) is 7.08. The van der Waals surface area contributed by atoms with Crippen LogP contribution in [0.15, 0.2) is 36.4 Å². The van der Waals surface area contributed by atoms with Crippen molar-refractivity contribution in [3.8, 4) is 5.75 Å². The molecule has 0 aliphatic carbocycles. The Morgan fingerprint density at radius 1 is 1.00 bits per heavy atom. The number of halogens is 2. The monoisotopic (exact) mass is 334 g/mol. The van der Waals surface area contributed by atoms with E-state index >= 15 is 0 Å². The van der Waals surface area contributed by atoms with Crippen LogP contribution in [-0.2, 0) is 9.59 Å². The van der Waals surface area contributed by atoms with E-state index in [2.05, 4.69) is 10.6 Å². The molecule has 2 amide bonds. The number of carbonyl (C=O) groups is 2. The fourth-order valence-corrected chi connectivity index (χ4v) is 2.04. The largest absolute Gasteiger partial charge is 0.495 e. The number of carbonyl (C=O) groups excluding carboxylic acids is 2. The van der Waals surface area contributed by atoms with E-state index in [1.807, 2.05) is 13.0 Å². The summed E-state index contributed by atoms with van der Waals surface area (Å²) >= 11 is 0. The standard InChI is InChI=1S/C17H16F2N2O3/c1-10-3-6-15(24-2)14(7-10)21-17(23)9-16(22)20-13-5-4-11(18)8-12(13)19/h3-8H,9H2,1-2H3,(H,20,22)(H,21,23). The number of hydrogen-bond acceptors (Lipinski definition) is 3. The van der Waals surface area contributed by atoms with Gasteiger partial charge < -0.3 is 15.4 Å². The number of rotatable bonds is 5. The topological polar surface area (TPSA) is 67.4 Å². The molecule has 7 heteroatoms. The van der Waals surface area contributed by atoms with Crippen LogP contribution in [-0.4, -0.2) is 18.9 Å². The molecule has 5 nitrogen and oxygen atoms in total. The van der Waals surface area contributed by atoms with Crippen LogP contribution >= 0.6 is 0 Å². The Hall–Kier alpha value is -2.96. The highest BCUT2D eigenvalue weighted by molar-refractivity contribution is 6.08. The van der Waals surface area contributed by atoms with Crippen molar-refractivity contribution in [1.29, 1.82) is 0 Å². The van der Waals surface area contributed by atoms with Crippen molar-refractivity contribution in [2.45, 2.75) is 13.3 Å². The van der Waals surface area contributed by atoms with Crippen molar-refractivity contribution in [2.75, 3.05) is 17.7 Å². The lowest BCUT2D eigenvalue weighted by Crippen LogP contribution is -2.22. The summed E-state index contributed by atoms with van der Waals surface area (Å²) in [5.74, 6) is -2.51. The van der Waals surface area contributed by atoms with E-state index in [1.54, 1.807) is 12.1 Å². The van der Waals surface area contributed by atoms with Crippen LogP contribution in [0.3, 0.4) is 0 Å². The second-order valence-electron chi connectivity index (χ2n) is 5.10. The van der Waals surface area contributed by atoms with Crippen LogP contribution in [0.25, 0.3) is 0 Å². The lowest BCUT2D eigenvalue weighted by atomic mass is 10.2. The first-order chi connectivity index (χ1) is 11.4. The Kier molecular flexibility index (Phi) is 5.47. The third-order valence-corrected chi connectivity index (χ3v) is 3.16. The van der Waals surface area contributed by atoms with Gasteiger partial charge in [-0.15, -0.1) is 0 Å². The van der Waals surface area contributed by atoms with E-state index in [0.717, 1.165) is 17.7 Å². The SMILES string of the molecule is COc1ccc(C)cc1NC(=O)CC(=O)Nc1ccc(F)cc1F. The molecule has 0 spiro atoms. The highest BCUT2D eigenvalue weighted by atomic mass is 19.1. The Labute approximate surface area is 137 Å². The fourth-order valence-electron chi connectivity index (χ4n) is 2.04. The van der Waals surface area contributed by atoms with E-state index in [9.17, 15) is 18.4 Å². The molecular formula is C17H16F2N2O3. The molecular weight excluding hydrogens is 318 g/mol. The highest BCUT2D eigenvalue weighted by Gasteiger charge is 2.14. The molecule has 0 saturated carbocycles. The van der Waals surface area contributed by atoms with Gasteiger partial charge in [0.25, 0.3) is 0 Å². The lowest BCUT2D eigenvalue weighted by Gasteiger charge is -2.11. The molecule has 2 aromatic carbocycles. The Bertz CT molecular complexity index is 778. The Morgan fingerprint density at radius 3 is 2.29 bits per heavy atom. The first-order valence-corrected chi connectivity index (χ1v) is 7.08.